The summed E-state index contributed by atoms with van der Waals surface area (Å²) in [6.07, 6.45) is 4.26. The Morgan fingerprint density at radius 1 is 1.40 bits per heavy atom. The van der Waals surface area contributed by atoms with E-state index in [0.717, 1.165) is 36.2 Å². The number of aromatic hydroxyl groups is 1. The van der Waals surface area contributed by atoms with Crippen LogP contribution in [0.15, 0.2) is 30.5 Å². The Morgan fingerprint density at radius 2 is 2.30 bits per heavy atom. The topological polar surface area (TPSA) is 57.2 Å². The van der Waals surface area contributed by atoms with Crippen LogP contribution in [0.5, 0.6) is 5.75 Å². The molecule has 0 spiro atoms. The SMILES string of the molecule is CC1(CNc2nccc3ccc(O)cc23)CCCNC1. The summed E-state index contributed by atoms with van der Waals surface area (Å²) in [5, 5.41) is 18.6. The fourth-order valence-corrected chi connectivity index (χ4v) is 2.86. The Kier molecular flexibility index (Phi) is 3.49. The first kappa shape index (κ1) is 13.2. The number of rotatable bonds is 3. The van der Waals surface area contributed by atoms with E-state index in [0.29, 0.717) is 0 Å². The summed E-state index contributed by atoms with van der Waals surface area (Å²) in [5.74, 6) is 1.13. The Hall–Kier alpha value is -1.81. The van der Waals surface area contributed by atoms with E-state index in [-0.39, 0.29) is 11.2 Å². The van der Waals surface area contributed by atoms with Crippen molar-refractivity contribution in [3.05, 3.63) is 30.5 Å². The van der Waals surface area contributed by atoms with E-state index >= 15 is 0 Å². The lowest BCUT2D eigenvalue weighted by molar-refractivity contribution is 0.253. The standard InChI is InChI=1S/C16H21N3O/c1-16(6-2-7-17-10-16)11-19-15-14-9-13(20)4-3-12(14)5-8-18-15/h3-5,8-9,17,20H,2,6-7,10-11H2,1H3,(H,18,19). The van der Waals surface area contributed by atoms with Crippen LogP contribution in [-0.2, 0) is 0 Å². The van der Waals surface area contributed by atoms with E-state index in [9.17, 15) is 5.11 Å². The number of benzene rings is 1. The molecular weight excluding hydrogens is 250 g/mol. The zero-order valence-corrected chi connectivity index (χ0v) is 11.8. The first-order valence-corrected chi connectivity index (χ1v) is 7.19. The molecule has 0 saturated carbocycles. The second-order valence-electron chi connectivity index (χ2n) is 6.01. The van der Waals surface area contributed by atoms with Crippen LogP contribution in [0.3, 0.4) is 0 Å². The van der Waals surface area contributed by atoms with Gasteiger partial charge in [0.2, 0.25) is 0 Å². The minimum atomic E-state index is 0.263. The number of phenols is 1. The number of nitrogens with one attached hydrogen (secondary N) is 2. The lowest BCUT2D eigenvalue weighted by atomic mass is 9.83. The molecular formula is C16H21N3O. The largest absolute Gasteiger partial charge is 0.508 e. The summed E-state index contributed by atoms with van der Waals surface area (Å²) in [6, 6.07) is 7.36. The molecule has 1 aliphatic heterocycles. The highest BCUT2D eigenvalue weighted by Gasteiger charge is 2.26. The molecule has 0 amide bonds. The van der Waals surface area contributed by atoms with Gasteiger partial charge < -0.3 is 15.7 Å². The number of pyridine rings is 1. The van der Waals surface area contributed by atoms with Crippen LogP contribution in [-0.4, -0.2) is 29.7 Å². The molecule has 1 saturated heterocycles. The van der Waals surface area contributed by atoms with Crippen LogP contribution < -0.4 is 10.6 Å². The summed E-state index contributed by atoms with van der Waals surface area (Å²) in [5.41, 5.74) is 0.263. The number of nitrogens with zero attached hydrogens (tertiary/aromatic N) is 1. The van der Waals surface area contributed by atoms with Gasteiger partial charge in [0, 0.05) is 24.7 Å². The van der Waals surface area contributed by atoms with E-state index in [4.69, 9.17) is 0 Å². The van der Waals surface area contributed by atoms with Gasteiger partial charge in [-0.25, -0.2) is 4.98 Å². The molecule has 106 valence electrons. The van der Waals surface area contributed by atoms with Crippen molar-refractivity contribution in [3.63, 3.8) is 0 Å². The second kappa shape index (κ2) is 5.29. The zero-order chi connectivity index (χ0) is 14.0. The van der Waals surface area contributed by atoms with Gasteiger partial charge in [-0.2, -0.15) is 0 Å². The van der Waals surface area contributed by atoms with Gasteiger partial charge in [-0.3, -0.25) is 0 Å². The molecule has 2 aromatic rings. The highest BCUT2D eigenvalue weighted by Crippen LogP contribution is 2.28. The van der Waals surface area contributed by atoms with Gasteiger partial charge in [-0.15, -0.1) is 0 Å². The normalized spacial score (nSPS) is 22.9. The maximum Gasteiger partial charge on any atom is 0.133 e. The van der Waals surface area contributed by atoms with Crippen LogP contribution in [0.25, 0.3) is 10.8 Å². The average Bonchev–Trinajstić information content (AvgIpc) is 2.46. The fraction of sp³-hybridized carbons (Fsp3) is 0.438. The predicted octanol–water partition coefficient (Wildman–Crippen LogP) is 2.74. The Labute approximate surface area is 119 Å². The van der Waals surface area contributed by atoms with Crippen molar-refractivity contribution < 1.29 is 5.11 Å². The van der Waals surface area contributed by atoms with E-state index in [1.807, 2.05) is 18.3 Å². The Morgan fingerprint density at radius 3 is 3.10 bits per heavy atom. The van der Waals surface area contributed by atoms with Crippen LogP contribution in [0.1, 0.15) is 19.8 Å². The van der Waals surface area contributed by atoms with Crippen molar-refractivity contribution in [1.82, 2.24) is 10.3 Å². The first-order chi connectivity index (χ1) is 9.66. The van der Waals surface area contributed by atoms with Gasteiger partial charge in [-0.05, 0) is 48.4 Å². The van der Waals surface area contributed by atoms with Gasteiger partial charge >= 0.3 is 0 Å². The molecule has 0 aliphatic carbocycles. The monoisotopic (exact) mass is 271 g/mol. The summed E-state index contributed by atoms with van der Waals surface area (Å²) in [7, 11) is 0. The number of piperidine rings is 1. The molecule has 1 unspecified atom stereocenters. The number of anilines is 1. The summed E-state index contributed by atoms with van der Waals surface area (Å²) < 4.78 is 0. The predicted molar refractivity (Wildman–Crippen MR) is 82.1 cm³/mol. The molecule has 4 heteroatoms. The zero-order valence-electron chi connectivity index (χ0n) is 11.8. The molecule has 0 bridgehead atoms. The van der Waals surface area contributed by atoms with Crippen molar-refractivity contribution in [2.45, 2.75) is 19.8 Å². The minimum Gasteiger partial charge on any atom is -0.508 e. The quantitative estimate of drug-likeness (QED) is 0.803. The van der Waals surface area contributed by atoms with E-state index in [2.05, 4.69) is 22.5 Å². The molecule has 1 atom stereocenters. The van der Waals surface area contributed by atoms with Gasteiger partial charge in [0.25, 0.3) is 0 Å². The first-order valence-electron chi connectivity index (χ1n) is 7.19. The van der Waals surface area contributed by atoms with Crippen molar-refractivity contribution in [1.29, 1.82) is 0 Å². The van der Waals surface area contributed by atoms with Crippen molar-refractivity contribution in [2.75, 3.05) is 25.0 Å². The molecule has 1 aliphatic rings. The fourth-order valence-electron chi connectivity index (χ4n) is 2.86. The molecule has 0 radical (unpaired) electrons. The lowest BCUT2D eigenvalue weighted by Gasteiger charge is -2.34. The third-order valence-electron chi connectivity index (χ3n) is 4.12. The number of hydrogen-bond acceptors (Lipinski definition) is 4. The van der Waals surface area contributed by atoms with Gasteiger partial charge in [0.15, 0.2) is 0 Å². The van der Waals surface area contributed by atoms with E-state index < -0.39 is 0 Å². The molecule has 2 heterocycles. The van der Waals surface area contributed by atoms with E-state index in [1.165, 1.54) is 12.8 Å². The maximum absolute atomic E-state index is 9.66. The van der Waals surface area contributed by atoms with Crippen molar-refractivity contribution in [2.24, 2.45) is 5.41 Å². The number of aromatic nitrogens is 1. The average molecular weight is 271 g/mol. The smallest absolute Gasteiger partial charge is 0.133 e. The number of hydrogen-bond donors (Lipinski definition) is 3. The molecule has 1 aromatic carbocycles. The molecule has 1 fully saturated rings. The van der Waals surface area contributed by atoms with Gasteiger partial charge in [-0.1, -0.05) is 13.0 Å². The number of phenolic OH excluding ortho intramolecular Hbond substituents is 1. The summed E-state index contributed by atoms with van der Waals surface area (Å²) in [4.78, 5) is 4.42. The molecule has 3 rings (SSSR count). The lowest BCUT2D eigenvalue weighted by Crippen LogP contribution is -2.42. The molecule has 4 nitrogen and oxygen atoms in total. The van der Waals surface area contributed by atoms with Gasteiger partial charge in [0.1, 0.15) is 11.6 Å². The minimum absolute atomic E-state index is 0.263. The van der Waals surface area contributed by atoms with Crippen LogP contribution in [0, 0.1) is 5.41 Å². The van der Waals surface area contributed by atoms with Crippen LogP contribution in [0.2, 0.25) is 0 Å². The summed E-state index contributed by atoms with van der Waals surface area (Å²) >= 11 is 0. The van der Waals surface area contributed by atoms with E-state index in [1.54, 1.807) is 12.1 Å². The molecule has 3 N–H and O–H groups in total. The third-order valence-corrected chi connectivity index (χ3v) is 4.12. The maximum atomic E-state index is 9.66. The number of fused-ring (bicyclic) bond motifs is 1. The van der Waals surface area contributed by atoms with Crippen LogP contribution in [0.4, 0.5) is 5.82 Å². The second-order valence-corrected chi connectivity index (χ2v) is 6.01. The Bertz CT molecular complexity index is 606. The van der Waals surface area contributed by atoms with Gasteiger partial charge in [0.05, 0.1) is 0 Å². The molecule has 1 aromatic heterocycles. The highest BCUT2D eigenvalue weighted by atomic mass is 16.3. The van der Waals surface area contributed by atoms with Crippen molar-refractivity contribution >= 4 is 16.6 Å². The third kappa shape index (κ3) is 2.70. The highest BCUT2D eigenvalue weighted by molar-refractivity contribution is 5.92. The van der Waals surface area contributed by atoms with Crippen LogP contribution >= 0.6 is 0 Å². The Balaban J connectivity index is 1.82. The molecule has 20 heavy (non-hydrogen) atoms. The van der Waals surface area contributed by atoms with Crippen molar-refractivity contribution in [3.8, 4) is 5.75 Å². The summed E-state index contributed by atoms with van der Waals surface area (Å²) in [6.45, 7) is 5.35.